The standard InChI is InChI=1S/C20H13F3N6O2/c21-20(22,23)17-15(19(31)28-11-4-6-25-12(8-11)9-24)10-27-29(17)16-3-1-2-14-13(16)5-7-26-18(14)30/h1-10,24H,(H,26,30)(H,25,28,31). The van der Waals surface area contributed by atoms with Crippen LogP contribution < -0.4 is 10.9 Å². The van der Waals surface area contributed by atoms with Crippen LogP contribution in [0.15, 0.2) is 59.8 Å². The third-order valence-corrected chi connectivity index (χ3v) is 4.49. The average molecular weight is 426 g/mol. The van der Waals surface area contributed by atoms with Crippen molar-refractivity contribution < 1.29 is 18.0 Å². The van der Waals surface area contributed by atoms with E-state index in [9.17, 15) is 22.8 Å². The first-order chi connectivity index (χ1) is 14.8. The molecule has 0 aliphatic heterocycles. The molecule has 11 heteroatoms. The topological polar surface area (TPSA) is 117 Å². The van der Waals surface area contributed by atoms with Crippen molar-refractivity contribution in [2.75, 3.05) is 5.32 Å². The maximum absolute atomic E-state index is 14.0. The minimum absolute atomic E-state index is 0.00461. The van der Waals surface area contributed by atoms with Crippen LogP contribution in [0.5, 0.6) is 0 Å². The SMILES string of the molecule is N=Cc1cc(NC(=O)c2cnn(-c3cccc4c(=O)[nH]ccc34)c2C(F)(F)F)ccn1. The van der Waals surface area contributed by atoms with Gasteiger partial charge < -0.3 is 15.7 Å². The molecule has 0 atom stereocenters. The highest BCUT2D eigenvalue weighted by Crippen LogP contribution is 2.35. The van der Waals surface area contributed by atoms with Gasteiger partial charge in [0, 0.05) is 35.1 Å². The number of aromatic nitrogens is 4. The summed E-state index contributed by atoms with van der Waals surface area (Å²) in [6, 6.07) is 8.49. The molecule has 156 valence electrons. The lowest BCUT2D eigenvalue weighted by molar-refractivity contribution is -0.143. The molecule has 0 fully saturated rings. The smallest absolute Gasteiger partial charge is 0.329 e. The molecule has 4 aromatic rings. The molecule has 3 N–H and O–H groups in total. The Morgan fingerprint density at radius 1 is 1.19 bits per heavy atom. The van der Waals surface area contributed by atoms with Crippen LogP contribution in [0.25, 0.3) is 16.5 Å². The van der Waals surface area contributed by atoms with Crippen molar-refractivity contribution in [3.8, 4) is 5.69 Å². The first kappa shape index (κ1) is 20.0. The first-order valence-electron chi connectivity index (χ1n) is 8.83. The molecule has 0 radical (unpaired) electrons. The summed E-state index contributed by atoms with van der Waals surface area (Å²) in [5.74, 6) is -1.03. The van der Waals surface area contributed by atoms with E-state index >= 15 is 0 Å². The molecule has 0 saturated heterocycles. The van der Waals surface area contributed by atoms with Gasteiger partial charge in [-0.15, -0.1) is 0 Å². The molecule has 31 heavy (non-hydrogen) atoms. The number of hydrogen-bond donors (Lipinski definition) is 3. The second kappa shape index (κ2) is 7.52. The van der Waals surface area contributed by atoms with Gasteiger partial charge in [0.2, 0.25) is 0 Å². The fourth-order valence-corrected chi connectivity index (χ4v) is 3.16. The Hall–Kier alpha value is -4.28. The quantitative estimate of drug-likeness (QED) is 0.434. The van der Waals surface area contributed by atoms with Crippen molar-refractivity contribution >= 4 is 28.6 Å². The van der Waals surface area contributed by atoms with Gasteiger partial charge in [0.1, 0.15) is 0 Å². The number of nitrogens with one attached hydrogen (secondary N) is 3. The third kappa shape index (κ3) is 3.68. The number of hydrogen-bond acceptors (Lipinski definition) is 5. The highest BCUT2D eigenvalue weighted by Gasteiger charge is 2.40. The summed E-state index contributed by atoms with van der Waals surface area (Å²) in [5, 5.41) is 13.8. The van der Waals surface area contributed by atoms with E-state index in [1.54, 1.807) is 0 Å². The minimum atomic E-state index is -4.91. The number of benzene rings is 1. The van der Waals surface area contributed by atoms with E-state index in [4.69, 9.17) is 5.41 Å². The van der Waals surface area contributed by atoms with Gasteiger partial charge in [-0.2, -0.15) is 18.3 Å². The molecule has 8 nitrogen and oxygen atoms in total. The van der Waals surface area contributed by atoms with Gasteiger partial charge >= 0.3 is 6.18 Å². The molecule has 0 saturated carbocycles. The van der Waals surface area contributed by atoms with Crippen LogP contribution in [-0.2, 0) is 6.18 Å². The number of amides is 1. The van der Waals surface area contributed by atoms with Crippen LogP contribution in [0.4, 0.5) is 18.9 Å². The zero-order chi connectivity index (χ0) is 22.2. The Balaban J connectivity index is 1.84. The Morgan fingerprint density at radius 2 is 2.00 bits per heavy atom. The fraction of sp³-hybridized carbons (Fsp3) is 0.0500. The zero-order valence-electron chi connectivity index (χ0n) is 15.6. The summed E-state index contributed by atoms with van der Waals surface area (Å²) < 4.78 is 42.5. The summed E-state index contributed by atoms with van der Waals surface area (Å²) >= 11 is 0. The molecule has 1 amide bonds. The van der Waals surface area contributed by atoms with E-state index in [0.717, 1.165) is 12.4 Å². The Bertz CT molecular complexity index is 1370. The molecule has 1 aromatic carbocycles. The molecular formula is C20H13F3N6O2. The van der Waals surface area contributed by atoms with Crippen LogP contribution in [0.3, 0.4) is 0 Å². The molecule has 3 aromatic heterocycles. The third-order valence-electron chi connectivity index (χ3n) is 4.49. The molecule has 0 spiro atoms. The Kier molecular flexibility index (Phi) is 4.85. The second-order valence-corrected chi connectivity index (χ2v) is 6.43. The number of nitrogens with zero attached hydrogens (tertiary/aromatic N) is 3. The van der Waals surface area contributed by atoms with Gasteiger partial charge in [-0.1, -0.05) is 6.07 Å². The van der Waals surface area contributed by atoms with E-state index in [-0.39, 0.29) is 27.8 Å². The number of carbonyl (C=O) groups excluding carboxylic acids is 1. The number of H-pyrrole nitrogens is 1. The number of alkyl halides is 3. The van der Waals surface area contributed by atoms with Crippen molar-refractivity contribution in [3.05, 3.63) is 82.3 Å². The zero-order valence-corrected chi connectivity index (χ0v) is 15.6. The first-order valence-corrected chi connectivity index (χ1v) is 8.83. The normalized spacial score (nSPS) is 11.5. The average Bonchev–Trinajstić information content (AvgIpc) is 3.20. The molecular weight excluding hydrogens is 413 g/mol. The molecule has 0 aliphatic rings. The van der Waals surface area contributed by atoms with E-state index in [1.165, 1.54) is 48.8 Å². The number of fused-ring (bicyclic) bond motifs is 1. The number of carbonyl (C=O) groups is 1. The number of pyridine rings is 2. The maximum Gasteiger partial charge on any atom is 0.434 e. The summed E-state index contributed by atoms with van der Waals surface area (Å²) in [6.07, 6.45) is -0.509. The molecule has 3 heterocycles. The van der Waals surface area contributed by atoms with Crippen molar-refractivity contribution in [3.63, 3.8) is 0 Å². The lowest BCUT2D eigenvalue weighted by Gasteiger charge is -2.14. The van der Waals surface area contributed by atoms with Gasteiger partial charge in [0.25, 0.3) is 11.5 Å². The van der Waals surface area contributed by atoms with Crippen LogP contribution in [0.2, 0.25) is 0 Å². The molecule has 4 rings (SSSR count). The van der Waals surface area contributed by atoms with Gasteiger partial charge in [-0.3, -0.25) is 14.6 Å². The molecule has 0 unspecified atom stereocenters. The van der Waals surface area contributed by atoms with E-state index in [1.807, 2.05) is 0 Å². The summed E-state index contributed by atoms with van der Waals surface area (Å²) in [4.78, 5) is 31.0. The fourth-order valence-electron chi connectivity index (χ4n) is 3.16. The van der Waals surface area contributed by atoms with Crippen LogP contribution in [0.1, 0.15) is 21.7 Å². The van der Waals surface area contributed by atoms with Crippen LogP contribution >= 0.6 is 0 Å². The number of anilines is 1. The Morgan fingerprint density at radius 3 is 2.74 bits per heavy atom. The van der Waals surface area contributed by atoms with Crippen molar-refractivity contribution in [1.29, 1.82) is 5.41 Å². The number of aromatic amines is 1. The van der Waals surface area contributed by atoms with Crippen LogP contribution in [0, 0.1) is 5.41 Å². The summed E-state index contributed by atoms with van der Waals surface area (Å²) in [6.45, 7) is 0. The van der Waals surface area contributed by atoms with Gasteiger partial charge in [-0.05, 0) is 30.3 Å². The molecule has 0 bridgehead atoms. The largest absolute Gasteiger partial charge is 0.434 e. The summed E-state index contributed by atoms with van der Waals surface area (Å²) in [7, 11) is 0. The van der Waals surface area contributed by atoms with Crippen molar-refractivity contribution in [2.45, 2.75) is 6.18 Å². The van der Waals surface area contributed by atoms with Gasteiger partial charge in [0.15, 0.2) is 5.69 Å². The number of rotatable bonds is 4. The predicted molar refractivity (Wildman–Crippen MR) is 107 cm³/mol. The van der Waals surface area contributed by atoms with E-state index in [2.05, 4.69) is 20.4 Å². The predicted octanol–water partition coefficient (Wildman–Crippen LogP) is 3.38. The second-order valence-electron chi connectivity index (χ2n) is 6.43. The van der Waals surface area contributed by atoms with E-state index < -0.39 is 28.9 Å². The minimum Gasteiger partial charge on any atom is -0.329 e. The maximum atomic E-state index is 14.0. The van der Waals surface area contributed by atoms with Gasteiger partial charge in [0.05, 0.1) is 23.1 Å². The van der Waals surface area contributed by atoms with Gasteiger partial charge in [-0.25, -0.2) is 4.68 Å². The van der Waals surface area contributed by atoms with Crippen LogP contribution in [-0.4, -0.2) is 31.9 Å². The summed E-state index contributed by atoms with van der Waals surface area (Å²) in [5.41, 5.74) is -2.02. The lowest BCUT2D eigenvalue weighted by Crippen LogP contribution is -2.21. The lowest BCUT2D eigenvalue weighted by atomic mass is 10.1. The van der Waals surface area contributed by atoms with Crippen molar-refractivity contribution in [1.82, 2.24) is 19.7 Å². The monoisotopic (exact) mass is 426 g/mol. The number of halogens is 3. The molecule has 0 aliphatic carbocycles. The highest BCUT2D eigenvalue weighted by atomic mass is 19.4. The highest BCUT2D eigenvalue weighted by molar-refractivity contribution is 6.05. The van der Waals surface area contributed by atoms with E-state index in [0.29, 0.717) is 4.68 Å². The van der Waals surface area contributed by atoms with Crippen molar-refractivity contribution in [2.24, 2.45) is 0 Å². The Labute approximate surface area is 171 Å².